The number of hydrogen-bond acceptors (Lipinski definition) is 4. The fourth-order valence-corrected chi connectivity index (χ4v) is 1.99. The zero-order valence-corrected chi connectivity index (χ0v) is 9.75. The molecule has 0 saturated carbocycles. The van der Waals surface area contributed by atoms with E-state index < -0.39 is 5.69 Å². The number of hydrogen-bond donors (Lipinski definition) is 3. The van der Waals surface area contributed by atoms with Crippen molar-refractivity contribution in [3.63, 3.8) is 0 Å². The minimum Gasteiger partial charge on any atom is -0.508 e. The Morgan fingerprint density at radius 2 is 2.16 bits per heavy atom. The summed E-state index contributed by atoms with van der Waals surface area (Å²) < 4.78 is 1.29. The highest BCUT2D eigenvalue weighted by Crippen LogP contribution is 2.12. The molecule has 0 aliphatic carbocycles. The van der Waals surface area contributed by atoms with Crippen molar-refractivity contribution in [1.29, 1.82) is 0 Å². The van der Waals surface area contributed by atoms with E-state index in [4.69, 9.17) is 0 Å². The summed E-state index contributed by atoms with van der Waals surface area (Å²) in [6, 6.07) is 6.51. The van der Waals surface area contributed by atoms with Gasteiger partial charge in [-0.15, -0.1) is 0 Å². The van der Waals surface area contributed by atoms with Gasteiger partial charge >= 0.3 is 5.69 Å². The molecule has 0 spiro atoms. The molecule has 0 amide bonds. The van der Waals surface area contributed by atoms with Gasteiger partial charge in [0.15, 0.2) is 11.2 Å². The van der Waals surface area contributed by atoms with Gasteiger partial charge in [0, 0.05) is 0 Å². The number of phenols is 1. The zero-order valence-electron chi connectivity index (χ0n) is 9.75. The van der Waals surface area contributed by atoms with Crippen molar-refractivity contribution in [2.75, 3.05) is 0 Å². The van der Waals surface area contributed by atoms with Crippen molar-refractivity contribution in [2.24, 2.45) is 0 Å². The van der Waals surface area contributed by atoms with Crippen LogP contribution in [-0.4, -0.2) is 24.6 Å². The van der Waals surface area contributed by atoms with E-state index in [9.17, 15) is 14.7 Å². The van der Waals surface area contributed by atoms with E-state index in [0.29, 0.717) is 5.56 Å². The summed E-state index contributed by atoms with van der Waals surface area (Å²) in [4.78, 5) is 32.4. The molecule has 0 bridgehead atoms. The Bertz CT molecular complexity index is 859. The lowest BCUT2D eigenvalue weighted by Crippen LogP contribution is -2.20. The number of fused-ring (bicyclic) bond motifs is 1. The predicted molar refractivity (Wildman–Crippen MR) is 68.2 cm³/mol. The number of nitrogens with one attached hydrogen (secondary N) is 2. The maximum absolute atomic E-state index is 11.8. The lowest BCUT2D eigenvalue weighted by atomic mass is 10.2. The molecule has 19 heavy (non-hydrogen) atoms. The second kappa shape index (κ2) is 4.13. The van der Waals surface area contributed by atoms with Crippen LogP contribution in [0.5, 0.6) is 5.75 Å². The van der Waals surface area contributed by atoms with E-state index in [2.05, 4.69) is 15.0 Å². The first-order chi connectivity index (χ1) is 9.15. The number of aromatic hydroxyl groups is 1. The Morgan fingerprint density at radius 3 is 2.95 bits per heavy atom. The summed E-state index contributed by atoms with van der Waals surface area (Å²) >= 11 is 0. The van der Waals surface area contributed by atoms with Gasteiger partial charge in [0.05, 0.1) is 12.9 Å². The van der Waals surface area contributed by atoms with Gasteiger partial charge < -0.3 is 10.1 Å². The van der Waals surface area contributed by atoms with Crippen LogP contribution < -0.4 is 11.2 Å². The van der Waals surface area contributed by atoms with Crippen LogP contribution in [0.25, 0.3) is 11.2 Å². The van der Waals surface area contributed by atoms with E-state index in [0.717, 1.165) is 0 Å². The van der Waals surface area contributed by atoms with Crippen LogP contribution in [0.1, 0.15) is 5.56 Å². The number of aromatic nitrogens is 4. The summed E-state index contributed by atoms with van der Waals surface area (Å²) in [6.07, 6.45) is 1.24. The van der Waals surface area contributed by atoms with Crippen LogP contribution in [0.4, 0.5) is 0 Å². The minimum atomic E-state index is -0.414. The number of rotatable bonds is 2. The minimum absolute atomic E-state index is 0.109. The number of aromatic amines is 2. The highest BCUT2D eigenvalue weighted by molar-refractivity contribution is 5.68. The molecule has 1 aromatic carbocycles. The fourth-order valence-electron chi connectivity index (χ4n) is 1.99. The first kappa shape index (κ1) is 11.3. The first-order valence-corrected chi connectivity index (χ1v) is 5.59. The third kappa shape index (κ3) is 1.90. The van der Waals surface area contributed by atoms with Crippen molar-refractivity contribution >= 4 is 11.2 Å². The molecule has 0 unspecified atom stereocenters. The quantitative estimate of drug-likeness (QED) is 0.609. The van der Waals surface area contributed by atoms with Crippen molar-refractivity contribution < 1.29 is 5.11 Å². The molecule has 7 nitrogen and oxygen atoms in total. The smallest absolute Gasteiger partial charge is 0.328 e. The molecule has 3 N–H and O–H groups in total. The number of H-pyrrole nitrogens is 2. The number of benzene rings is 1. The molecule has 3 rings (SSSR count). The lowest BCUT2D eigenvalue weighted by Gasteiger charge is -2.03. The highest BCUT2D eigenvalue weighted by Gasteiger charge is 2.11. The van der Waals surface area contributed by atoms with Crippen LogP contribution in [0.15, 0.2) is 40.2 Å². The Labute approximate surface area is 106 Å². The molecule has 0 fully saturated rings. The Hall–Kier alpha value is -2.83. The third-order valence-electron chi connectivity index (χ3n) is 2.82. The predicted octanol–water partition coefficient (Wildman–Crippen LogP) is 0.167. The largest absolute Gasteiger partial charge is 0.508 e. The van der Waals surface area contributed by atoms with Crippen LogP contribution in [0, 0.1) is 0 Å². The molecule has 96 valence electrons. The fraction of sp³-hybridized carbons (Fsp3) is 0.0833. The van der Waals surface area contributed by atoms with Gasteiger partial charge in [-0.1, -0.05) is 12.1 Å². The maximum Gasteiger partial charge on any atom is 0.328 e. The van der Waals surface area contributed by atoms with Crippen LogP contribution in [-0.2, 0) is 6.54 Å². The second-order valence-corrected chi connectivity index (χ2v) is 4.12. The number of nitrogens with zero attached hydrogens (tertiary/aromatic N) is 2. The van der Waals surface area contributed by atoms with Gasteiger partial charge in [-0.2, -0.15) is 0 Å². The molecule has 0 radical (unpaired) electrons. The van der Waals surface area contributed by atoms with E-state index in [-0.39, 0.29) is 29.0 Å². The van der Waals surface area contributed by atoms with Crippen molar-refractivity contribution in [3.8, 4) is 5.75 Å². The summed E-state index contributed by atoms with van der Waals surface area (Å²) in [7, 11) is 0. The van der Waals surface area contributed by atoms with E-state index >= 15 is 0 Å². The molecule has 0 saturated heterocycles. The van der Waals surface area contributed by atoms with E-state index in [1.165, 1.54) is 23.0 Å². The molecule has 0 atom stereocenters. The van der Waals surface area contributed by atoms with Crippen molar-refractivity contribution in [3.05, 3.63) is 57.0 Å². The highest BCUT2D eigenvalue weighted by atomic mass is 16.3. The molecule has 2 aromatic heterocycles. The summed E-state index contributed by atoms with van der Waals surface area (Å²) in [5.41, 5.74) is 0.349. The molecule has 3 aromatic rings. The maximum atomic E-state index is 11.8. The third-order valence-corrected chi connectivity index (χ3v) is 2.82. The van der Waals surface area contributed by atoms with Gasteiger partial charge in [0.1, 0.15) is 5.75 Å². The number of phenolic OH excluding ortho intramolecular Hbond substituents is 1. The lowest BCUT2D eigenvalue weighted by molar-refractivity contribution is 0.474. The molecular weight excluding hydrogens is 248 g/mol. The molecule has 0 aliphatic heterocycles. The standard InChI is InChI=1S/C12H10N4O3/c17-8-3-1-2-7(4-8)5-16-9-10(15-12(16)19)13-6-14-11(9)18/h1-4,6,17H,5H2,(H2,13,14,15,18,19). The average molecular weight is 258 g/mol. The van der Waals surface area contributed by atoms with Gasteiger partial charge in [-0.3, -0.25) is 14.3 Å². The van der Waals surface area contributed by atoms with Gasteiger partial charge in [0.2, 0.25) is 0 Å². The molecule has 2 heterocycles. The van der Waals surface area contributed by atoms with Crippen molar-refractivity contribution in [2.45, 2.75) is 6.54 Å². The normalized spacial score (nSPS) is 10.9. The molecule has 7 heteroatoms. The van der Waals surface area contributed by atoms with E-state index in [1.807, 2.05) is 0 Å². The van der Waals surface area contributed by atoms with Crippen molar-refractivity contribution in [1.82, 2.24) is 19.5 Å². The van der Waals surface area contributed by atoms with Crippen LogP contribution in [0.2, 0.25) is 0 Å². The Morgan fingerprint density at radius 1 is 1.32 bits per heavy atom. The SMILES string of the molecule is O=c1[nH]cnc2[nH]c(=O)n(Cc3cccc(O)c3)c12. The summed E-state index contributed by atoms with van der Waals surface area (Å²) in [6.45, 7) is 0.183. The monoisotopic (exact) mass is 258 g/mol. The molecular formula is C12H10N4O3. The number of imidazole rings is 1. The summed E-state index contributed by atoms with van der Waals surface area (Å²) in [5, 5.41) is 9.40. The van der Waals surface area contributed by atoms with E-state index in [1.54, 1.807) is 12.1 Å². The summed E-state index contributed by atoms with van der Waals surface area (Å²) in [5.74, 6) is 0.109. The zero-order chi connectivity index (χ0) is 13.4. The second-order valence-electron chi connectivity index (χ2n) is 4.12. The van der Waals surface area contributed by atoms with Crippen LogP contribution in [0.3, 0.4) is 0 Å². The average Bonchev–Trinajstić information content (AvgIpc) is 2.67. The van der Waals surface area contributed by atoms with Gasteiger partial charge in [0.25, 0.3) is 5.56 Å². The Kier molecular flexibility index (Phi) is 2.45. The topological polar surface area (TPSA) is 104 Å². The van der Waals surface area contributed by atoms with Crippen LogP contribution >= 0.6 is 0 Å². The first-order valence-electron chi connectivity index (χ1n) is 5.59. The Balaban J connectivity index is 2.18. The van der Waals surface area contributed by atoms with Gasteiger partial charge in [-0.05, 0) is 17.7 Å². The molecule has 0 aliphatic rings. The van der Waals surface area contributed by atoms with Gasteiger partial charge in [-0.25, -0.2) is 9.78 Å².